The number of isocyanates is 1. The predicted molar refractivity (Wildman–Crippen MR) is 69.9 cm³/mol. The zero-order valence-corrected chi connectivity index (χ0v) is 11.1. The summed E-state index contributed by atoms with van der Waals surface area (Å²) in [5.41, 5.74) is -0.0120. The third kappa shape index (κ3) is 2.90. The maximum Gasteiger partial charge on any atom is 0.351 e. The van der Waals surface area contributed by atoms with E-state index in [0.29, 0.717) is 0 Å². The van der Waals surface area contributed by atoms with E-state index in [4.69, 9.17) is 4.74 Å². The first kappa shape index (κ1) is 13.9. The molecule has 0 saturated heterocycles. The number of thiophene rings is 1. The summed E-state index contributed by atoms with van der Waals surface area (Å²) in [7, 11) is 1.26. The van der Waals surface area contributed by atoms with Crippen molar-refractivity contribution >= 4 is 29.1 Å². The van der Waals surface area contributed by atoms with Crippen LogP contribution in [0.3, 0.4) is 0 Å². The fourth-order valence-corrected chi connectivity index (χ4v) is 2.18. The summed E-state index contributed by atoms with van der Waals surface area (Å²) in [5.74, 6) is -0.725. The third-order valence-electron chi connectivity index (χ3n) is 2.31. The van der Waals surface area contributed by atoms with Gasteiger partial charge in [0.1, 0.15) is 11.5 Å². The van der Waals surface area contributed by atoms with Gasteiger partial charge >= 0.3 is 5.97 Å². The number of esters is 1. The van der Waals surface area contributed by atoms with Crippen LogP contribution in [0.4, 0.5) is 10.1 Å². The molecule has 5 nitrogen and oxygen atoms in total. The van der Waals surface area contributed by atoms with Crippen LogP contribution in [-0.4, -0.2) is 19.2 Å². The molecule has 0 amide bonds. The van der Waals surface area contributed by atoms with Crippen molar-refractivity contribution in [3.05, 3.63) is 40.3 Å². The highest BCUT2D eigenvalue weighted by molar-refractivity contribution is 7.12. The molecule has 0 aliphatic heterocycles. The molecule has 0 fully saturated rings. The van der Waals surface area contributed by atoms with Crippen LogP contribution in [0.5, 0.6) is 11.5 Å². The Labute approximate surface area is 117 Å². The minimum atomic E-state index is -0.565. The maximum absolute atomic E-state index is 13.1. The highest BCUT2D eigenvalue weighted by Crippen LogP contribution is 2.35. The lowest BCUT2D eigenvalue weighted by atomic mass is 10.3. The average Bonchev–Trinajstić information content (AvgIpc) is 2.89. The fraction of sp³-hybridized carbons (Fsp3) is 0.0769. The molecule has 2 aromatic rings. The molecule has 20 heavy (non-hydrogen) atoms. The molecule has 0 aliphatic carbocycles. The summed E-state index contributed by atoms with van der Waals surface area (Å²) in [6, 6.07) is 5.06. The first-order valence-electron chi connectivity index (χ1n) is 5.36. The maximum atomic E-state index is 13.1. The van der Waals surface area contributed by atoms with Gasteiger partial charge in [0.15, 0.2) is 16.4 Å². The van der Waals surface area contributed by atoms with E-state index in [1.165, 1.54) is 19.3 Å². The van der Waals surface area contributed by atoms with Gasteiger partial charge in [-0.3, -0.25) is 0 Å². The second-order valence-electron chi connectivity index (χ2n) is 3.52. The molecular weight excluding hydrogens is 285 g/mol. The number of methoxy groups -OCH3 is 1. The van der Waals surface area contributed by atoms with Gasteiger partial charge in [-0.25, -0.2) is 14.0 Å². The van der Waals surface area contributed by atoms with E-state index in [1.54, 1.807) is 11.4 Å². The molecule has 0 unspecified atom stereocenters. The third-order valence-corrected chi connectivity index (χ3v) is 3.18. The molecule has 1 aromatic carbocycles. The lowest BCUT2D eigenvalue weighted by Gasteiger charge is -2.07. The Hall–Kier alpha value is -2.50. The molecular formula is C13H8FNO4S. The van der Waals surface area contributed by atoms with Gasteiger partial charge in [-0.15, -0.1) is 11.3 Å². The Kier molecular flexibility index (Phi) is 4.24. The van der Waals surface area contributed by atoms with Gasteiger partial charge in [0.05, 0.1) is 7.11 Å². The number of ether oxygens (including phenoxy) is 2. The molecule has 0 aliphatic rings. The van der Waals surface area contributed by atoms with Crippen molar-refractivity contribution in [2.24, 2.45) is 4.99 Å². The monoisotopic (exact) mass is 293 g/mol. The quantitative estimate of drug-likeness (QED) is 0.492. The number of carbonyl (C=O) groups excluding carboxylic acids is 2. The van der Waals surface area contributed by atoms with Crippen LogP contribution in [0.15, 0.2) is 34.6 Å². The van der Waals surface area contributed by atoms with Crippen LogP contribution in [0.25, 0.3) is 0 Å². The topological polar surface area (TPSA) is 65.0 Å². The first-order chi connectivity index (χ1) is 9.65. The van der Waals surface area contributed by atoms with Gasteiger partial charge in [0, 0.05) is 6.07 Å². The van der Waals surface area contributed by atoms with E-state index in [9.17, 15) is 14.0 Å². The Morgan fingerprint density at radius 2 is 2.15 bits per heavy atom. The summed E-state index contributed by atoms with van der Waals surface area (Å²) >= 11 is 1.14. The number of aliphatic imine (C=N–C) groups is 1. The average molecular weight is 293 g/mol. The molecule has 7 heteroatoms. The highest BCUT2D eigenvalue weighted by atomic mass is 32.1. The van der Waals surface area contributed by atoms with Crippen LogP contribution >= 0.6 is 11.3 Å². The van der Waals surface area contributed by atoms with Gasteiger partial charge in [0.25, 0.3) is 0 Å². The van der Waals surface area contributed by atoms with Crippen molar-refractivity contribution in [1.29, 1.82) is 0 Å². The molecule has 102 valence electrons. The summed E-state index contributed by atoms with van der Waals surface area (Å²) in [4.78, 5) is 25.5. The number of rotatable bonds is 4. The summed E-state index contributed by atoms with van der Waals surface area (Å²) < 4.78 is 23.2. The Morgan fingerprint density at radius 3 is 2.85 bits per heavy atom. The molecule has 0 N–H and O–H groups in total. The predicted octanol–water partition coefficient (Wildman–Crippen LogP) is 3.43. The second-order valence-corrected chi connectivity index (χ2v) is 4.44. The molecule has 0 bridgehead atoms. The van der Waals surface area contributed by atoms with Gasteiger partial charge in [-0.1, -0.05) is 0 Å². The molecule has 0 spiro atoms. The number of benzene rings is 1. The zero-order valence-electron chi connectivity index (χ0n) is 10.3. The Bertz CT molecular complexity index is 691. The number of nitrogens with zero attached hydrogens (tertiary/aromatic N) is 1. The lowest BCUT2D eigenvalue weighted by Crippen LogP contribution is -2.00. The molecule has 1 heterocycles. The number of hydrogen-bond donors (Lipinski definition) is 0. The smallest absolute Gasteiger partial charge is 0.351 e. The van der Waals surface area contributed by atoms with Crippen LogP contribution in [0, 0.1) is 5.82 Å². The van der Waals surface area contributed by atoms with Crippen molar-refractivity contribution in [2.45, 2.75) is 0 Å². The van der Waals surface area contributed by atoms with Crippen LogP contribution < -0.4 is 4.74 Å². The summed E-state index contributed by atoms with van der Waals surface area (Å²) in [6.07, 6.45) is 1.32. The van der Waals surface area contributed by atoms with E-state index in [-0.39, 0.29) is 22.1 Å². The Morgan fingerprint density at radius 1 is 1.35 bits per heavy atom. The zero-order chi connectivity index (χ0) is 14.5. The van der Waals surface area contributed by atoms with E-state index in [1.807, 2.05) is 0 Å². The van der Waals surface area contributed by atoms with E-state index in [0.717, 1.165) is 23.5 Å². The summed E-state index contributed by atoms with van der Waals surface area (Å²) in [6.45, 7) is 0. The molecule has 0 saturated carbocycles. The molecule has 0 radical (unpaired) electrons. The number of carbonyl (C=O) groups is 1. The van der Waals surface area contributed by atoms with E-state index >= 15 is 0 Å². The molecule has 2 rings (SSSR count). The van der Waals surface area contributed by atoms with Crippen molar-refractivity contribution < 1.29 is 23.5 Å². The standard InChI is InChI=1S/C13H8FNO4S/c1-18-13(17)12-11(4-5-20-12)19-10-3-2-8(14)6-9(10)15-7-16/h2-6H,1H3. The largest absolute Gasteiger partial charge is 0.465 e. The lowest BCUT2D eigenvalue weighted by molar-refractivity contribution is 0.0604. The van der Waals surface area contributed by atoms with Crippen LogP contribution in [-0.2, 0) is 9.53 Å². The highest BCUT2D eigenvalue weighted by Gasteiger charge is 2.17. The summed E-state index contributed by atoms with van der Waals surface area (Å²) in [5, 5.41) is 1.65. The van der Waals surface area contributed by atoms with Gasteiger partial charge < -0.3 is 9.47 Å². The number of hydrogen-bond acceptors (Lipinski definition) is 6. The van der Waals surface area contributed by atoms with Crippen LogP contribution in [0.2, 0.25) is 0 Å². The molecule has 1 aromatic heterocycles. The first-order valence-corrected chi connectivity index (χ1v) is 6.24. The molecule has 0 atom stereocenters. The van der Waals surface area contributed by atoms with Gasteiger partial charge in [-0.05, 0) is 23.6 Å². The van der Waals surface area contributed by atoms with Crippen molar-refractivity contribution in [3.63, 3.8) is 0 Å². The fourth-order valence-electron chi connectivity index (χ4n) is 1.45. The van der Waals surface area contributed by atoms with Gasteiger partial charge in [0.2, 0.25) is 6.08 Å². The SMILES string of the molecule is COC(=O)c1sccc1Oc1ccc(F)cc1N=C=O. The van der Waals surface area contributed by atoms with Crippen LogP contribution in [0.1, 0.15) is 9.67 Å². The second kappa shape index (κ2) is 6.10. The Balaban J connectivity index is 2.38. The normalized spacial score (nSPS) is 9.70. The minimum Gasteiger partial charge on any atom is -0.465 e. The van der Waals surface area contributed by atoms with Crippen molar-refractivity contribution in [1.82, 2.24) is 0 Å². The minimum absolute atomic E-state index is 0.0120. The number of halogens is 1. The van der Waals surface area contributed by atoms with E-state index < -0.39 is 11.8 Å². The van der Waals surface area contributed by atoms with Crippen molar-refractivity contribution in [3.8, 4) is 11.5 Å². The van der Waals surface area contributed by atoms with Gasteiger partial charge in [-0.2, -0.15) is 4.99 Å². The van der Waals surface area contributed by atoms with Crippen molar-refractivity contribution in [2.75, 3.05) is 7.11 Å². The van der Waals surface area contributed by atoms with E-state index in [2.05, 4.69) is 9.73 Å².